The van der Waals surface area contributed by atoms with Gasteiger partial charge in [0.05, 0.1) is 12.3 Å². The van der Waals surface area contributed by atoms with Crippen LogP contribution in [0.2, 0.25) is 0 Å². The molecular weight excluding hydrogens is 204 g/mol. The molecule has 16 heavy (non-hydrogen) atoms. The Hall–Kier alpha value is -1.46. The van der Waals surface area contributed by atoms with Crippen molar-refractivity contribution in [2.75, 3.05) is 31.6 Å². The number of aliphatic hydroxyl groups is 1. The summed E-state index contributed by atoms with van der Waals surface area (Å²) in [6.07, 6.45) is 1.78. The largest absolute Gasteiger partial charge is 0.395 e. The van der Waals surface area contributed by atoms with Crippen molar-refractivity contribution in [3.8, 4) is 0 Å². The van der Waals surface area contributed by atoms with Crippen molar-refractivity contribution < 1.29 is 5.11 Å². The summed E-state index contributed by atoms with van der Waals surface area (Å²) in [5, 5.41) is 20.1. The van der Waals surface area contributed by atoms with Crippen molar-refractivity contribution in [2.24, 2.45) is 0 Å². The second-order valence-electron chi connectivity index (χ2n) is 3.37. The summed E-state index contributed by atoms with van der Waals surface area (Å²) >= 11 is 0. The first kappa shape index (κ1) is 12.6. The predicted molar refractivity (Wildman–Crippen MR) is 64.3 cm³/mol. The van der Waals surface area contributed by atoms with E-state index in [1.165, 1.54) is 0 Å². The number of hydrogen-bond acceptors (Lipinski definition) is 5. The molecule has 0 unspecified atom stereocenters. The first-order chi connectivity index (χ1) is 7.81. The first-order valence-corrected chi connectivity index (χ1v) is 5.25. The molecule has 0 aliphatic carbocycles. The summed E-state index contributed by atoms with van der Waals surface area (Å²) in [6.45, 7) is 5.66. The van der Waals surface area contributed by atoms with Gasteiger partial charge in [-0.3, -0.25) is 0 Å². The summed E-state index contributed by atoms with van der Waals surface area (Å²) < 4.78 is 0. The highest BCUT2D eigenvalue weighted by Crippen LogP contribution is 2.08. The fourth-order valence-corrected chi connectivity index (χ4v) is 1.37. The highest BCUT2D eigenvalue weighted by Gasteiger charge is 2.05. The highest BCUT2D eigenvalue weighted by atomic mass is 16.3. The van der Waals surface area contributed by atoms with Gasteiger partial charge >= 0.3 is 0 Å². The molecule has 0 aliphatic rings. The lowest BCUT2D eigenvalue weighted by molar-refractivity contribution is 0.302. The molecule has 1 heterocycles. The molecule has 0 fully saturated rings. The average Bonchev–Trinajstić information content (AvgIpc) is 2.30. The highest BCUT2D eigenvalue weighted by molar-refractivity contribution is 5.38. The zero-order valence-corrected chi connectivity index (χ0v) is 9.56. The molecule has 0 saturated carbocycles. The van der Waals surface area contributed by atoms with Crippen molar-refractivity contribution in [3.05, 3.63) is 30.5 Å². The molecule has 1 rings (SSSR count). The molecule has 0 aliphatic heterocycles. The fraction of sp³-hybridized carbons (Fsp3) is 0.455. The van der Waals surface area contributed by atoms with Gasteiger partial charge in [0.2, 0.25) is 0 Å². The molecule has 1 aromatic rings. The zero-order valence-electron chi connectivity index (χ0n) is 9.56. The van der Waals surface area contributed by atoms with E-state index in [9.17, 15) is 0 Å². The maximum Gasteiger partial charge on any atom is 0.151 e. The van der Waals surface area contributed by atoms with Crippen LogP contribution in [0.1, 0.15) is 5.69 Å². The Morgan fingerprint density at radius 1 is 1.50 bits per heavy atom. The molecule has 0 amide bonds. The Kier molecular flexibility index (Phi) is 5.45. The van der Waals surface area contributed by atoms with Crippen LogP contribution in [0.3, 0.4) is 0 Å². The van der Waals surface area contributed by atoms with Crippen LogP contribution in [-0.2, 0) is 6.54 Å². The summed E-state index contributed by atoms with van der Waals surface area (Å²) in [6, 6.07) is 3.82. The van der Waals surface area contributed by atoms with Crippen LogP contribution in [0, 0.1) is 0 Å². The van der Waals surface area contributed by atoms with E-state index in [2.05, 4.69) is 22.1 Å². The maximum atomic E-state index is 8.93. The number of rotatable bonds is 7. The molecule has 0 radical (unpaired) electrons. The molecule has 0 bridgehead atoms. The van der Waals surface area contributed by atoms with Crippen molar-refractivity contribution in [1.82, 2.24) is 15.5 Å². The lowest BCUT2D eigenvalue weighted by Crippen LogP contribution is -2.27. The van der Waals surface area contributed by atoms with Crippen molar-refractivity contribution in [1.29, 1.82) is 0 Å². The van der Waals surface area contributed by atoms with Gasteiger partial charge in [-0.15, -0.1) is 11.7 Å². The lowest BCUT2D eigenvalue weighted by atomic mass is 10.3. The number of anilines is 1. The minimum absolute atomic E-state index is 0.0911. The second kappa shape index (κ2) is 6.92. The minimum atomic E-state index is 0.0911. The van der Waals surface area contributed by atoms with Crippen molar-refractivity contribution in [2.45, 2.75) is 6.54 Å². The van der Waals surface area contributed by atoms with Crippen LogP contribution in [0.25, 0.3) is 0 Å². The lowest BCUT2D eigenvalue weighted by Gasteiger charge is -2.20. The Balaban J connectivity index is 2.72. The molecule has 5 nitrogen and oxygen atoms in total. The van der Waals surface area contributed by atoms with E-state index in [1.54, 1.807) is 6.08 Å². The van der Waals surface area contributed by atoms with Crippen LogP contribution >= 0.6 is 0 Å². The smallest absolute Gasteiger partial charge is 0.151 e. The molecule has 0 saturated heterocycles. The average molecular weight is 222 g/mol. The van der Waals surface area contributed by atoms with Gasteiger partial charge in [-0.1, -0.05) is 6.08 Å². The van der Waals surface area contributed by atoms with Gasteiger partial charge in [-0.05, 0) is 19.2 Å². The number of hydrogen-bond donors (Lipinski definition) is 2. The zero-order chi connectivity index (χ0) is 11.8. The normalized spacial score (nSPS) is 10.1. The van der Waals surface area contributed by atoms with Gasteiger partial charge in [-0.2, -0.15) is 5.10 Å². The predicted octanol–water partition coefficient (Wildman–Crippen LogP) is 0.181. The Labute approximate surface area is 95.8 Å². The monoisotopic (exact) mass is 222 g/mol. The fourth-order valence-electron chi connectivity index (χ4n) is 1.37. The van der Waals surface area contributed by atoms with E-state index in [1.807, 2.05) is 24.1 Å². The van der Waals surface area contributed by atoms with Gasteiger partial charge < -0.3 is 15.3 Å². The standard InChI is InChI=1S/C11H18N4O/c1-3-6-15(7-8-16)11-5-4-10(9-12-2)13-14-11/h3-5,12,16H,1,6-9H2,2H3. The summed E-state index contributed by atoms with van der Waals surface area (Å²) in [5.41, 5.74) is 0.897. The first-order valence-electron chi connectivity index (χ1n) is 5.25. The van der Waals surface area contributed by atoms with Gasteiger partial charge in [0.1, 0.15) is 0 Å². The third kappa shape index (κ3) is 3.60. The molecule has 0 spiro atoms. The Morgan fingerprint density at radius 2 is 2.31 bits per heavy atom. The Bertz CT molecular complexity index is 312. The third-order valence-electron chi connectivity index (χ3n) is 2.11. The SMILES string of the molecule is C=CCN(CCO)c1ccc(CNC)nn1. The van der Waals surface area contributed by atoms with Crippen LogP contribution in [0.4, 0.5) is 5.82 Å². The minimum Gasteiger partial charge on any atom is -0.395 e. The number of nitrogens with one attached hydrogen (secondary N) is 1. The van der Waals surface area contributed by atoms with E-state index >= 15 is 0 Å². The van der Waals surface area contributed by atoms with Crippen molar-refractivity contribution in [3.63, 3.8) is 0 Å². The number of aromatic nitrogens is 2. The van der Waals surface area contributed by atoms with E-state index in [0.717, 1.165) is 11.5 Å². The van der Waals surface area contributed by atoms with Crippen LogP contribution in [0.15, 0.2) is 24.8 Å². The van der Waals surface area contributed by atoms with E-state index in [4.69, 9.17) is 5.11 Å². The number of nitrogens with zero attached hydrogens (tertiary/aromatic N) is 3. The summed E-state index contributed by atoms with van der Waals surface area (Å²) in [5.74, 6) is 0.758. The molecular formula is C11H18N4O. The topological polar surface area (TPSA) is 61.3 Å². The molecule has 5 heteroatoms. The van der Waals surface area contributed by atoms with Gasteiger partial charge in [0, 0.05) is 19.6 Å². The van der Waals surface area contributed by atoms with E-state index < -0.39 is 0 Å². The molecule has 0 aromatic carbocycles. The molecule has 2 N–H and O–H groups in total. The van der Waals surface area contributed by atoms with E-state index in [-0.39, 0.29) is 6.61 Å². The molecule has 0 atom stereocenters. The molecule has 1 aromatic heterocycles. The third-order valence-corrected chi connectivity index (χ3v) is 2.11. The van der Waals surface area contributed by atoms with Gasteiger partial charge in [-0.25, -0.2) is 0 Å². The van der Waals surface area contributed by atoms with Gasteiger partial charge in [0.15, 0.2) is 5.82 Å². The second-order valence-corrected chi connectivity index (χ2v) is 3.37. The molecule has 88 valence electrons. The summed E-state index contributed by atoms with van der Waals surface area (Å²) in [4.78, 5) is 1.92. The summed E-state index contributed by atoms with van der Waals surface area (Å²) in [7, 11) is 1.87. The van der Waals surface area contributed by atoms with Crippen molar-refractivity contribution >= 4 is 5.82 Å². The van der Waals surface area contributed by atoms with Crippen LogP contribution < -0.4 is 10.2 Å². The maximum absolute atomic E-state index is 8.93. The van der Waals surface area contributed by atoms with E-state index in [0.29, 0.717) is 19.6 Å². The van der Waals surface area contributed by atoms with Crippen LogP contribution in [0.5, 0.6) is 0 Å². The quantitative estimate of drug-likeness (QED) is 0.644. The number of aliphatic hydroxyl groups excluding tert-OH is 1. The van der Waals surface area contributed by atoms with Crippen LogP contribution in [-0.4, -0.2) is 42.0 Å². The Morgan fingerprint density at radius 3 is 2.81 bits per heavy atom. The van der Waals surface area contributed by atoms with Gasteiger partial charge in [0.25, 0.3) is 0 Å².